The summed E-state index contributed by atoms with van der Waals surface area (Å²) in [5.41, 5.74) is -1.67. The van der Waals surface area contributed by atoms with Gasteiger partial charge in [0.15, 0.2) is 0 Å². The predicted octanol–water partition coefficient (Wildman–Crippen LogP) is 4.31. The summed E-state index contributed by atoms with van der Waals surface area (Å²) < 4.78 is 50.5. The van der Waals surface area contributed by atoms with Gasteiger partial charge in [0.1, 0.15) is 5.82 Å². The Balaban J connectivity index is 3.13. The summed E-state index contributed by atoms with van der Waals surface area (Å²) in [7, 11) is 0. The number of halogens is 4. The summed E-state index contributed by atoms with van der Waals surface area (Å²) in [5, 5.41) is 10.0. The van der Waals surface area contributed by atoms with Crippen molar-refractivity contribution in [3.05, 3.63) is 35.1 Å². The van der Waals surface area contributed by atoms with Crippen LogP contribution < -0.4 is 0 Å². The largest absolute Gasteiger partial charge is 0.419 e. The Labute approximate surface area is 103 Å². The highest BCUT2D eigenvalue weighted by atomic mass is 19.4. The minimum absolute atomic E-state index is 0.160. The van der Waals surface area contributed by atoms with E-state index in [1.807, 2.05) is 6.92 Å². The Bertz CT molecular complexity index is 423. The van der Waals surface area contributed by atoms with Gasteiger partial charge >= 0.3 is 6.18 Å². The first-order valence-electron chi connectivity index (χ1n) is 5.64. The summed E-state index contributed by atoms with van der Waals surface area (Å²) in [5.74, 6) is -1.36. The molecule has 0 aliphatic carbocycles. The molecule has 5 heteroatoms. The van der Waals surface area contributed by atoms with Gasteiger partial charge in [-0.15, -0.1) is 0 Å². The van der Waals surface area contributed by atoms with E-state index in [0.29, 0.717) is 12.5 Å². The fourth-order valence-electron chi connectivity index (χ4n) is 1.58. The number of alkyl halides is 3. The molecule has 1 aromatic rings. The molecular formula is C13H16F4O. The zero-order valence-corrected chi connectivity index (χ0v) is 10.5. The second-order valence-electron chi connectivity index (χ2n) is 4.98. The predicted molar refractivity (Wildman–Crippen MR) is 60.4 cm³/mol. The highest BCUT2D eigenvalue weighted by molar-refractivity contribution is 5.28. The number of hydrogen-bond donors (Lipinski definition) is 1. The van der Waals surface area contributed by atoms with Crippen LogP contribution in [-0.2, 0) is 6.18 Å². The number of benzene rings is 1. The highest BCUT2D eigenvalue weighted by Crippen LogP contribution is 2.38. The maximum absolute atomic E-state index is 13.4. The number of aliphatic hydroxyl groups excluding tert-OH is 1. The monoisotopic (exact) mass is 264 g/mol. The van der Waals surface area contributed by atoms with E-state index in [-0.39, 0.29) is 5.56 Å². The molecule has 0 spiro atoms. The third kappa shape index (κ3) is 3.02. The van der Waals surface area contributed by atoms with Crippen molar-refractivity contribution in [2.45, 2.75) is 39.5 Å². The molecule has 0 aromatic heterocycles. The van der Waals surface area contributed by atoms with E-state index in [1.165, 1.54) is 0 Å². The van der Waals surface area contributed by atoms with Gasteiger partial charge in [-0.25, -0.2) is 4.39 Å². The molecule has 0 saturated carbocycles. The second kappa shape index (κ2) is 4.88. The summed E-state index contributed by atoms with van der Waals surface area (Å²) in [6, 6.07) is 2.54. The van der Waals surface area contributed by atoms with E-state index >= 15 is 0 Å². The Morgan fingerprint density at radius 3 is 2.17 bits per heavy atom. The lowest BCUT2D eigenvalue weighted by molar-refractivity contribution is -0.140. The van der Waals surface area contributed by atoms with Crippen LogP contribution in [0.3, 0.4) is 0 Å². The number of hydrogen-bond acceptors (Lipinski definition) is 1. The van der Waals surface area contributed by atoms with Crippen LogP contribution in [-0.4, -0.2) is 5.11 Å². The number of rotatable bonds is 3. The van der Waals surface area contributed by atoms with Crippen LogP contribution in [0.2, 0.25) is 0 Å². The molecule has 102 valence electrons. The fourth-order valence-corrected chi connectivity index (χ4v) is 1.58. The third-order valence-corrected chi connectivity index (χ3v) is 3.27. The van der Waals surface area contributed by atoms with Gasteiger partial charge in [-0.05, 0) is 29.5 Å². The van der Waals surface area contributed by atoms with Gasteiger partial charge in [0, 0.05) is 0 Å². The normalized spacial score (nSPS) is 14.7. The molecule has 0 radical (unpaired) electrons. The molecule has 18 heavy (non-hydrogen) atoms. The average Bonchev–Trinajstić information content (AvgIpc) is 2.26. The molecule has 1 rings (SSSR count). The van der Waals surface area contributed by atoms with Crippen molar-refractivity contribution in [2.24, 2.45) is 5.41 Å². The number of aliphatic hydroxyl groups is 1. The third-order valence-electron chi connectivity index (χ3n) is 3.27. The van der Waals surface area contributed by atoms with Crippen molar-refractivity contribution in [3.8, 4) is 0 Å². The van der Waals surface area contributed by atoms with Crippen molar-refractivity contribution < 1.29 is 22.7 Å². The van der Waals surface area contributed by atoms with Gasteiger partial charge in [0.2, 0.25) is 0 Å². The van der Waals surface area contributed by atoms with Crippen LogP contribution in [0.5, 0.6) is 0 Å². The van der Waals surface area contributed by atoms with Gasteiger partial charge in [-0.3, -0.25) is 0 Å². The van der Waals surface area contributed by atoms with E-state index < -0.39 is 29.1 Å². The zero-order chi connectivity index (χ0) is 14.1. The minimum Gasteiger partial charge on any atom is -0.388 e. The Hall–Kier alpha value is -1.10. The van der Waals surface area contributed by atoms with Gasteiger partial charge in [-0.1, -0.05) is 26.8 Å². The van der Waals surface area contributed by atoms with Gasteiger partial charge < -0.3 is 5.11 Å². The molecule has 1 aromatic carbocycles. The average molecular weight is 264 g/mol. The van der Waals surface area contributed by atoms with Crippen LogP contribution in [0.15, 0.2) is 18.2 Å². The first-order chi connectivity index (χ1) is 8.09. The van der Waals surface area contributed by atoms with Crippen LogP contribution in [0.4, 0.5) is 17.6 Å². The van der Waals surface area contributed by atoms with Gasteiger partial charge in [0.05, 0.1) is 11.7 Å². The molecule has 1 atom stereocenters. The first-order valence-corrected chi connectivity index (χ1v) is 5.64. The van der Waals surface area contributed by atoms with Crippen LogP contribution >= 0.6 is 0 Å². The molecule has 0 heterocycles. The standard InChI is InChI=1S/C13H16F4O/c1-4-12(2,3)11(18)8-5-6-9(10(14)7-8)13(15,16)17/h5-7,11,18H,4H2,1-3H3. The maximum atomic E-state index is 13.4. The van der Waals surface area contributed by atoms with E-state index in [0.717, 1.165) is 12.1 Å². The van der Waals surface area contributed by atoms with Gasteiger partial charge in [-0.2, -0.15) is 13.2 Å². The van der Waals surface area contributed by atoms with Crippen LogP contribution in [0.25, 0.3) is 0 Å². The Kier molecular flexibility index (Phi) is 4.05. The zero-order valence-electron chi connectivity index (χ0n) is 10.5. The molecule has 1 nitrogen and oxygen atoms in total. The lowest BCUT2D eigenvalue weighted by atomic mass is 9.80. The summed E-state index contributed by atoms with van der Waals surface area (Å²) in [4.78, 5) is 0. The maximum Gasteiger partial charge on any atom is 0.419 e. The van der Waals surface area contributed by atoms with Crippen molar-refractivity contribution >= 4 is 0 Å². The minimum atomic E-state index is -4.71. The molecule has 0 bridgehead atoms. The van der Waals surface area contributed by atoms with E-state index in [4.69, 9.17) is 0 Å². The van der Waals surface area contributed by atoms with E-state index in [9.17, 15) is 22.7 Å². The molecule has 1 unspecified atom stereocenters. The fraction of sp³-hybridized carbons (Fsp3) is 0.538. The SMILES string of the molecule is CCC(C)(C)C(O)c1ccc(C(F)(F)F)c(F)c1. The van der Waals surface area contributed by atoms with Crippen molar-refractivity contribution in [3.63, 3.8) is 0 Å². The first kappa shape index (κ1) is 15.0. The molecule has 1 N–H and O–H groups in total. The molecule has 0 fully saturated rings. The van der Waals surface area contributed by atoms with Crippen molar-refractivity contribution in [1.82, 2.24) is 0 Å². The smallest absolute Gasteiger partial charge is 0.388 e. The molecular weight excluding hydrogens is 248 g/mol. The summed E-state index contributed by atoms with van der Waals surface area (Å²) in [6.07, 6.45) is -5.09. The van der Waals surface area contributed by atoms with Crippen LogP contribution in [0.1, 0.15) is 44.4 Å². The topological polar surface area (TPSA) is 20.2 Å². The lowest BCUT2D eigenvalue weighted by Crippen LogP contribution is -2.21. The Morgan fingerprint density at radius 2 is 1.78 bits per heavy atom. The highest BCUT2D eigenvalue weighted by Gasteiger charge is 2.35. The van der Waals surface area contributed by atoms with Crippen LogP contribution in [0, 0.1) is 11.2 Å². The second-order valence-corrected chi connectivity index (χ2v) is 4.98. The summed E-state index contributed by atoms with van der Waals surface area (Å²) >= 11 is 0. The van der Waals surface area contributed by atoms with E-state index in [2.05, 4.69) is 0 Å². The molecule has 0 amide bonds. The summed E-state index contributed by atoms with van der Waals surface area (Å²) in [6.45, 7) is 5.39. The quantitative estimate of drug-likeness (QED) is 0.806. The molecule has 0 saturated heterocycles. The van der Waals surface area contributed by atoms with Crippen molar-refractivity contribution in [1.29, 1.82) is 0 Å². The lowest BCUT2D eigenvalue weighted by Gasteiger charge is -2.29. The van der Waals surface area contributed by atoms with E-state index in [1.54, 1.807) is 13.8 Å². The van der Waals surface area contributed by atoms with Gasteiger partial charge in [0.25, 0.3) is 0 Å². The Morgan fingerprint density at radius 1 is 1.22 bits per heavy atom. The van der Waals surface area contributed by atoms with Crippen molar-refractivity contribution in [2.75, 3.05) is 0 Å². The molecule has 0 aliphatic heterocycles. The molecule has 0 aliphatic rings.